The van der Waals surface area contributed by atoms with Crippen LogP contribution in [0.1, 0.15) is 5.69 Å². The van der Waals surface area contributed by atoms with Gasteiger partial charge < -0.3 is 15.9 Å². The van der Waals surface area contributed by atoms with Crippen LogP contribution < -0.4 is 5.73 Å². The maximum Gasteiger partial charge on any atom is 0.191 e. The van der Waals surface area contributed by atoms with Crippen molar-refractivity contribution in [3.05, 3.63) is 30.7 Å². The number of aromatic amines is 1. The smallest absolute Gasteiger partial charge is 0.191 e. The number of amidine groups is 1. The molecule has 0 atom stereocenters. The van der Waals surface area contributed by atoms with Crippen LogP contribution in [0.2, 0.25) is 0 Å². The Morgan fingerprint density at radius 1 is 1.15 bits per heavy atom. The van der Waals surface area contributed by atoms with Crippen molar-refractivity contribution in [1.82, 2.24) is 29.9 Å². The first-order valence-electron chi connectivity index (χ1n) is 5.40. The van der Waals surface area contributed by atoms with Gasteiger partial charge in [-0.2, -0.15) is 0 Å². The summed E-state index contributed by atoms with van der Waals surface area (Å²) in [4.78, 5) is 23.4. The van der Waals surface area contributed by atoms with E-state index >= 15 is 0 Å². The lowest BCUT2D eigenvalue weighted by molar-refractivity contribution is 0.318. The van der Waals surface area contributed by atoms with Crippen LogP contribution >= 0.6 is 11.8 Å². The number of aromatic nitrogens is 6. The highest BCUT2D eigenvalue weighted by molar-refractivity contribution is 7.99. The van der Waals surface area contributed by atoms with Crippen molar-refractivity contribution in [3.8, 4) is 0 Å². The van der Waals surface area contributed by atoms with E-state index in [9.17, 15) is 0 Å². The van der Waals surface area contributed by atoms with E-state index in [4.69, 9.17) is 10.9 Å². The molecule has 4 N–H and O–H groups in total. The number of oxime groups is 1. The Morgan fingerprint density at radius 3 is 2.85 bits per heavy atom. The molecule has 3 heterocycles. The lowest BCUT2D eigenvalue weighted by Crippen LogP contribution is -2.16. The van der Waals surface area contributed by atoms with E-state index in [0.29, 0.717) is 21.2 Å². The number of hydrogen-bond acceptors (Lipinski definition) is 8. The number of imidazole rings is 1. The molecule has 0 saturated carbocycles. The van der Waals surface area contributed by atoms with Gasteiger partial charge in [-0.1, -0.05) is 5.16 Å². The van der Waals surface area contributed by atoms with Crippen molar-refractivity contribution < 1.29 is 5.21 Å². The summed E-state index contributed by atoms with van der Waals surface area (Å²) in [6.45, 7) is 0. The molecule has 100 valence electrons. The van der Waals surface area contributed by atoms with E-state index in [1.54, 1.807) is 0 Å². The molecule has 3 rings (SSSR count). The Morgan fingerprint density at radius 2 is 2.00 bits per heavy atom. The minimum atomic E-state index is -0.115. The van der Waals surface area contributed by atoms with E-state index in [1.807, 2.05) is 0 Å². The molecule has 0 spiro atoms. The van der Waals surface area contributed by atoms with Gasteiger partial charge in [0.2, 0.25) is 0 Å². The predicted octanol–water partition coefficient (Wildman–Crippen LogP) is 0.389. The molecule has 20 heavy (non-hydrogen) atoms. The van der Waals surface area contributed by atoms with Gasteiger partial charge in [0.25, 0.3) is 0 Å². The van der Waals surface area contributed by atoms with Gasteiger partial charge in [-0.3, -0.25) is 0 Å². The number of nitrogens with two attached hydrogens (primary N) is 1. The minimum absolute atomic E-state index is 0.115. The quantitative estimate of drug-likeness (QED) is 0.207. The third kappa shape index (κ3) is 2.12. The molecule has 0 saturated heterocycles. The maximum absolute atomic E-state index is 8.76. The molecule has 10 heteroatoms. The molecule has 0 aliphatic heterocycles. The van der Waals surface area contributed by atoms with E-state index in [0.717, 1.165) is 0 Å². The summed E-state index contributed by atoms with van der Waals surface area (Å²) in [6, 6.07) is 0. The van der Waals surface area contributed by atoms with Gasteiger partial charge in [-0.25, -0.2) is 24.9 Å². The Balaban J connectivity index is 2.06. The van der Waals surface area contributed by atoms with E-state index in [1.165, 1.54) is 36.8 Å². The summed E-state index contributed by atoms with van der Waals surface area (Å²) in [6.07, 6.45) is 5.92. The first-order chi connectivity index (χ1) is 9.79. The second-order valence-corrected chi connectivity index (χ2v) is 4.55. The fourth-order valence-electron chi connectivity index (χ4n) is 1.53. The number of fused-ring (bicyclic) bond motifs is 1. The van der Waals surface area contributed by atoms with Gasteiger partial charge >= 0.3 is 0 Å². The van der Waals surface area contributed by atoms with Crippen molar-refractivity contribution in [2.24, 2.45) is 10.9 Å². The average Bonchev–Trinajstić information content (AvgIpc) is 2.96. The summed E-state index contributed by atoms with van der Waals surface area (Å²) >= 11 is 1.22. The van der Waals surface area contributed by atoms with Crippen molar-refractivity contribution >= 4 is 28.8 Å². The summed E-state index contributed by atoms with van der Waals surface area (Å²) < 4.78 is 0. The number of rotatable bonds is 3. The molecular formula is C10H8N8OS. The largest absolute Gasteiger partial charge is 0.409 e. The Bertz CT molecular complexity index is 786. The molecule has 0 fully saturated rings. The van der Waals surface area contributed by atoms with Gasteiger partial charge in [0.1, 0.15) is 27.6 Å². The summed E-state index contributed by atoms with van der Waals surface area (Å²) in [5, 5.41) is 12.8. The minimum Gasteiger partial charge on any atom is -0.409 e. The fraction of sp³-hybridized carbons (Fsp3) is 0. The predicted molar refractivity (Wildman–Crippen MR) is 70.3 cm³/mol. The number of H-pyrrole nitrogens is 1. The normalized spacial score (nSPS) is 11.9. The number of hydrogen-bond donors (Lipinski definition) is 3. The van der Waals surface area contributed by atoms with Crippen LogP contribution in [0.25, 0.3) is 11.2 Å². The second kappa shape index (κ2) is 5.09. The van der Waals surface area contributed by atoms with Crippen LogP contribution in [0.4, 0.5) is 0 Å². The van der Waals surface area contributed by atoms with E-state index in [-0.39, 0.29) is 11.5 Å². The highest BCUT2D eigenvalue weighted by Crippen LogP contribution is 2.29. The van der Waals surface area contributed by atoms with Gasteiger partial charge in [-0.05, 0) is 11.8 Å². The molecule has 0 aromatic carbocycles. The third-order valence-corrected chi connectivity index (χ3v) is 3.39. The fourth-order valence-corrected chi connectivity index (χ4v) is 2.44. The Hall–Kier alpha value is -2.75. The standard InChI is InChI=1S/C10H8N8OS/c11-7(18-19)5-9(13-2-1-12-5)20-10-6-8(15-3-14-6)16-4-17-10/h1-4,19H,(H2,11,18)(H,14,15,16,17). The second-order valence-electron chi connectivity index (χ2n) is 3.58. The maximum atomic E-state index is 8.76. The highest BCUT2D eigenvalue weighted by atomic mass is 32.2. The van der Waals surface area contributed by atoms with Crippen LogP contribution in [-0.2, 0) is 0 Å². The lowest BCUT2D eigenvalue weighted by atomic mass is 10.4. The van der Waals surface area contributed by atoms with Gasteiger partial charge in [0.05, 0.1) is 6.33 Å². The summed E-state index contributed by atoms with van der Waals surface area (Å²) in [7, 11) is 0. The zero-order valence-electron chi connectivity index (χ0n) is 9.93. The van der Waals surface area contributed by atoms with Gasteiger partial charge in [0, 0.05) is 12.4 Å². The monoisotopic (exact) mass is 288 g/mol. The number of nitrogens with zero attached hydrogens (tertiary/aromatic N) is 6. The Labute approximate surface area is 116 Å². The van der Waals surface area contributed by atoms with Crippen LogP contribution in [-0.4, -0.2) is 40.9 Å². The highest BCUT2D eigenvalue weighted by Gasteiger charge is 2.14. The molecule has 0 amide bonds. The first-order valence-corrected chi connectivity index (χ1v) is 6.22. The Kier molecular flexibility index (Phi) is 3.13. The topological polar surface area (TPSA) is 139 Å². The van der Waals surface area contributed by atoms with Crippen LogP contribution in [0, 0.1) is 0 Å². The van der Waals surface area contributed by atoms with E-state index in [2.05, 4.69) is 35.1 Å². The lowest BCUT2D eigenvalue weighted by Gasteiger charge is -2.05. The molecule has 0 aliphatic rings. The summed E-state index contributed by atoms with van der Waals surface area (Å²) in [5.41, 5.74) is 7.10. The van der Waals surface area contributed by atoms with Crippen LogP contribution in [0.5, 0.6) is 0 Å². The summed E-state index contributed by atoms with van der Waals surface area (Å²) in [5.74, 6) is -0.115. The van der Waals surface area contributed by atoms with Crippen molar-refractivity contribution in [2.45, 2.75) is 10.1 Å². The van der Waals surface area contributed by atoms with Crippen molar-refractivity contribution in [2.75, 3.05) is 0 Å². The zero-order chi connectivity index (χ0) is 13.9. The average molecular weight is 288 g/mol. The molecular weight excluding hydrogens is 280 g/mol. The third-order valence-electron chi connectivity index (χ3n) is 2.40. The van der Waals surface area contributed by atoms with Gasteiger partial charge in [-0.15, -0.1) is 0 Å². The molecule has 9 nitrogen and oxygen atoms in total. The molecule has 0 aliphatic carbocycles. The molecule has 0 radical (unpaired) electrons. The van der Waals surface area contributed by atoms with Crippen LogP contribution in [0.15, 0.2) is 40.3 Å². The molecule has 0 bridgehead atoms. The molecule has 3 aromatic rings. The van der Waals surface area contributed by atoms with Crippen LogP contribution in [0.3, 0.4) is 0 Å². The molecule has 0 unspecified atom stereocenters. The molecule has 3 aromatic heterocycles. The SMILES string of the molecule is NC(=NO)c1nccnc1Sc1ncnc2nc[nH]c12. The van der Waals surface area contributed by atoms with E-state index < -0.39 is 0 Å². The van der Waals surface area contributed by atoms with Gasteiger partial charge in [0.15, 0.2) is 11.5 Å². The zero-order valence-corrected chi connectivity index (χ0v) is 10.7. The van der Waals surface area contributed by atoms with Crippen molar-refractivity contribution in [1.29, 1.82) is 0 Å². The van der Waals surface area contributed by atoms with Crippen molar-refractivity contribution in [3.63, 3.8) is 0 Å². The number of nitrogens with one attached hydrogen (secondary N) is 1. The first kappa shape index (κ1) is 12.3.